The summed E-state index contributed by atoms with van der Waals surface area (Å²) >= 11 is 11.2. The summed E-state index contributed by atoms with van der Waals surface area (Å²) in [6.07, 6.45) is 15.6. The van der Waals surface area contributed by atoms with Crippen molar-refractivity contribution in [1.82, 2.24) is 10.6 Å². The number of halogens is 1. The molecule has 1 aromatic carbocycles. The first kappa shape index (κ1) is 26.9. The van der Waals surface area contributed by atoms with E-state index >= 15 is 0 Å². The molecule has 2 unspecified atom stereocenters. The molecule has 30 heavy (non-hydrogen) atoms. The van der Waals surface area contributed by atoms with Crippen LogP contribution < -0.4 is 10.6 Å². The number of hydrogen-bond acceptors (Lipinski definition) is 3. The summed E-state index contributed by atoms with van der Waals surface area (Å²) < 4.78 is 0. The molecule has 0 radical (unpaired) electrons. The van der Waals surface area contributed by atoms with Crippen molar-refractivity contribution in [2.24, 2.45) is 0 Å². The first-order chi connectivity index (χ1) is 14.6. The van der Waals surface area contributed by atoms with Crippen LogP contribution in [0, 0.1) is 0 Å². The number of rotatable bonds is 16. The van der Waals surface area contributed by atoms with E-state index in [0.29, 0.717) is 10.1 Å². The van der Waals surface area contributed by atoms with Crippen LogP contribution in [0.1, 0.15) is 76.7 Å². The van der Waals surface area contributed by atoms with Crippen molar-refractivity contribution >= 4 is 35.0 Å². The van der Waals surface area contributed by atoms with Gasteiger partial charge in [-0.05, 0) is 36.3 Å². The second kappa shape index (κ2) is 17.5. The highest BCUT2D eigenvalue weighted by molar-refractivity contribution is 7.80. The number of nitrogens with one attached hydrogen (secondary N) is 2. The average molecular weight is 455 g/mol. The van der Waals surface area contributed by atoms with Crippen LogP contribution in [-0.4, -0.2) is 40.6 Å². The minimum absolute atomic E-state index is 0.216. The monoisotopic (exact) mass is 454 g/mol. The van der Waals surface area contributed by atoms with E-state index in [9.17, 15) is 10.2 Å². The normalized spacial score (nSPS) is 13.3. The molecule has 0 heterocycles. The van der Waals surface area contributed by atoms with Crippen molar-refractivity contribution < 1.29 is 10.2 Å². The molecule has 4 nitrogen and oxygen atoms in total. The quantitative estimate of drug-likeness (QED) is 0.197. The standard InChI is InChI=1S/C24H39ClN2O2S/c1-2-3-4-5-6-7-8-9-10-11-18-26-24(30)27-22(19-28)23(29)17-14-20-12-15-21(25)16-13-20/h12-17,22-23,28-29H,2-11,18-19H2,1H3,(H2,26,27,30). The fraction of sp³-hybridized carbons (Fsp3) is 0.625. The maximum atomic E-state index is 10.3. The third-order valence-corrected chi connectivity index (χ3v) is 5.61. The zero-order valence-corrected chi connectivity index (χ0v) is 19.9. The highest BCUT2D eigenvalue weighted by Gasteiger charge is 2.16. The van der Waals surface area contributed by atoms with E-state index < -0.39 is 12.1 Å². The molecular weight excluding hydrogens is 416 g/mol. The predicted molar refractivity (Wildman–Crippen MR) is 133 cm³/mol. The predicted octanol–water partition coefficient (Wildman–Crippen LogP) is 5.46. The smallest absolute Gasteiger partial charge is 0.166 e. The Bertz CT molecular complexity index is 595. The highest BCUT2D eigenvalue weighted by atomic mass is 35.5. The number of thiocarbonyl (C=S) groups is 1. The molecule has 0 saturated carbocycles. The van der Waals surface area contributed by atoms with Crippen LogP contribution in [0.5, 0.6) is 0 Å². The molecule has 0 aromatic heterocycles. The Morgan fingerprint density at radius 3 is 2.13 bits per heavy atom. The lowest BCUT2D eigenvalue weighted by Crippen LogP contribution is -2.49. The molecule has 0 amide bonds. The lowest BCUT2D eigenvalue weighted by molar-refractivity contribution is 0.134. The fourth-order valence-corrected chi connectivity index (χ4v) is 3.57. The van der Waals surface area contributed by atoms with Gasteiger partial charge >= 0.3 is 0 Å². The van der Waals surface area contributed by atoms with Crippen molar-refractivity contribution in [2.75, 3.05) is 13.2 Å². The maximum absolute atomic E-state index is 10.3. The molecule has 0 aliphatic heterocycles. The molecule has 0 aliphatic rings. The molecular formula is C24H39ClN2O2S. The number of benzene rings is 1. The van der Waals surface area contributed by atoms with Crippen LogP contribution in [0.4, 0.5) is 0 Å². The van der Waals surface area contributed by atoms with Crippen LogP contribution >= 0.6 is 23.8 Å². The van der Waals surface area contributed by atoms with E-state index in [-0.39, 0.29) is 6.61 Å². The van der Waals surface area contributed by atoms with Crippen molar-refractivity contribution in [3.05, 3.63) is 40.9 Å². The third kappa shape index (κ3) is 13.2. The molecule has 170 valence electrons. The van der Waals surface area contributed by atoms with E-state index in [2.05, 4.69) is 17.6 Å². The van der Waals surface area contributed by atoms with Crippen molar-refractivity contribution in [2.45, 2.75) is 83.3 Å². The van der Waals surface area contributed by atoms with Gasteiger partial charge in [-0.3, -0.25) is 0 Å². The van der Waals surface area contributed by atoms with Gasteiger partial charge in [0.2, 0.25) is 0 Å². The molecule has 1 aromatic rings. The first-order valence-corrected chi connectivity index (χ1v) is 12.1. The molecule has 0 aliphatic carbocycles. The third-order valence-electron chi connectivity index (χ3n) is 5.10. The van der Waals surface area contributed by atoms with Crippen LogP contribution in [0.2, 0.25) is 5.02 Å². The second-order valence-corrected chi connectivity index (χ2v) is 8.62. The number of hydrogen-bond donors (Lipinski definition) is 4. The summed E-state index contributed by atoms with van der Waals surface area (Å²) in [5.74, 6) is 0. The SMILES string of the molecule is CCCCCCCCCCCCNC(=S)NC(CO)C(O)C=Cc1ccc(Cl)cc1. The molecule has 2 atom stereocenters. The lowest BCUT2D eigenvalue weighted by atomic mass is 10.1. The van der Waals surface area contributed by atoms with Crippen LogP contribution in [0.3, 0.4) is 0 Å². The zero-order valence-electron chi connectivity index (χ0n) is 18.3. The topological polar surface area (TPSA) is 64.5 Å². The number of aliphatic hydroxyl groups excluding tert-OH is 2. The van der Waals surface area contributed by atoms with E-state index in [1.54, 1.807) is 24.3 Å². The van der Waals surface area contributed by atoms with Gasteiger partial charge in [-0.25, -0.2) is 0 Å². The summed E-state index contributed by atoms with van der Waals surface area (Å²) in [6.45, 7) is 2.84. The van der Waals surface area contributed by atoms with E-state index in [0.717, 1.165) is 18.5 Å². The molecule has 0 saturated heterocycles. The Labute approximate surface area is 193 Å². The Kier molecular flexibility index (Phi) is 15.7. The second-order valence-electron chi connectivity index (χ2n) is 7.77. The summed E-state index contributed by atoms with van der Waals surface area (Å²) in [6, 6.07) is 6.77. The molecule has 6 heteroatoms. The van der Waals surface area contributed by atoms with Gasteiger partial charge in [0.25, 0.3) is 0 Å². The molecule has 0 spiro atoms. The van der Waals surface area contributed by atoms with Gasteiger partial charge in [-0.2, -0.15) is 0 Å². The van der Waals surface area contributed by atoms with Gasteiger partial charge in [-0.15, -0.1) is 0 Å². The van der Waals surface area contributed by atoms with Gasteiger partial charge in [0.1, 0.15) is 0 Å². The highest BCUT2D eigenvalue weighted by Crippen LogP contribution is 2.12. The van der Waals surface area contributed by atoms with Gasteiger partial charge in [0.05, 0.1) is 18.8 Å². The maximum Gasteiger partial charge on any atom is 0.166 e. The minimum Gasteiger partial charge on any atom is -0.394 e. The zero-order chi connectivity index (χ0) is 22.0. The number of aliphatic hydroxyl groups is 2. The van der Waals surface area contributed by atoms with Crippen LogP contribution in [-0.2, 0) is 0 Å². The van der Waals surface area contributed by atoms with Crippen molar-refractivity contribution in [3.63, 3.8) is 0 Å². The Balaban J connectivity index is 2.14. The van der Waals surface area contributed by atoms with Crippen molar-refractivity contribution in [1.29, 1.82) is 0 Å². The van der Waals surface area contributed by atoms with Crippen LogP contribution in [0.25, 0.3) is 6.08 Å². The summed E-state index contributed by atoms with van der Waals surface area (Å²) in [5.41, 5.74) is 0.928. The number of unbranched alkanes of at least 4 members (excludes halogenated alkanes) is 9. The lowest BCUT2D eigenvalue weighted by Gasteiger charge is -2.22. The summed E-state index contributed by atoms with van der Waals surface area (Å²) in [5, 5.41) is 27.2. The van der Waals surface area contributed by atoms with Gasteiger partial charge in [0.15, 0.2) is 5.11 Å². The molecule has 0 bridgehead atoms. The van der Waals surface area contributed by atoms with Crippen molar-refractivity contribution in [3.8, 4) is 0 Å². The first-order valence-electron chi connectivity index (χ1n) is 11.3. The largest absolute Gasteiger partial charge is 0.394 e. The fourth-order valence-electron chi connectivity index (χ4n) is 3.19. The molecule has 0 fully saturated rings. The molecule has 1 rings (SSSR count). The van der Waals surface area contributed by atoms with Gasteiger partial charge < -0.3 is 20.8 Å². The average Bonchev–Trinajstić information content (AvgIpc) is 2.75. The minimum atomic E-state index is -0.859. The molecule has 4 N–H and O–H groups in total. The van der Waals surface area contributed by atoms with E-state index in [1.165, 1.54) is 57.8 Å². The van der Waals surface area contributed by atoms with Gasteiger partial charge in [0, 0.05) is 11.6 Å². The Morgan fingerprint density at radius 1 is 1.00 bits per heavy atom. The van der Waals surface area contributed by atoms with E-state index in [1.807, 2.05) is 12.1 Å². The van der Waals surface area contributed by atoms with E-state index in [4.69, 9.17) is 23.8 Å². The summed E-state index contributed by atoms with van der Waals surface area (Å²) in [4.78, 5) is 0. The van der Waals surface area contributed by atoms with Crippen LogP contribution in [0.15, 0.2) is 30.3 Å². The van der Waals surface area contributed by atoms with Gasteiger partial charge in [-0.1, -0.05) is 101 Å². The summed E-state index contributed by atoms with van der Waals surface area (Å²) in [7, 11) is 0. The Morgan fingerprint density at radius 2 is 1.57 bits per heavy atom. The Hall–Kier alpha value is -1.14.